The van der Waals surface area contributed by atoms with Crippen molar-refractivity contribution in [1.82, 2.24) is 0 Å². The topological polar surface area (TPSA) is 55.8 Å². The summed E-state index contributed by atoms with van der Waals surface area (Å²) in [5.74, 6) is 0.0980. The van der Waals surface area contributed by atoms with Gasteiger partial charge in [0, 0.05) is 6.07 Å². The van der Waals surface area contributed by atoms with E-state index in [2.05, 4.69) is 20.8 Å². The number of ether oxygens (including phenoxy) is 2. The van der Waals surface area contributed by atoms with Crippen LogP contribution < -0.4 is 9.47 Å². The highest BCUT2D eigenvalue weighted by Crippen LogP contribution is 2.27. The van der Waals surface area contributed by atoms with E-state index in [0.717, 1.165) is 38.5 Å². The summed E-state index contributed by atoms with van der Waals surface area (Å²) in [5.41, 5.74) is 0.187. The molecule has 0 aliphatic rings. The Labute approximate surface area is 133 Å². The summed E-state index contributed by atoms with van der Waals surface area (Å²) in [6.45, 7) is 6.87. The van der Waals surface area contributed by atoms with Gasteiger partial charge in [-0.3, -0.25) is 0 Å². The molecule has 0 fully saturated rings. The van der Waals surface area contributed by atoms with E-state index in [9.17, 15) is 9.90 Å². The van der Waals surface area contributed by atoms with E-state index in [0.29, 0.717) is 18.1 Å². The highest BCUT2D eigenvalue weighted by atomic mass is 16.5. The molecule has 1 atom stereocenters. The first-order chi connectivity index (χ1) is 10.6. The normalized spacial score (nSPS) is 12.0. The van der Waals surface area contributed by atoms with Gasteiger partial charge in [-0.15, -0.1) is 0 Å². The lowest BCUT2D eigenvalue weighted by Crippen LogP contribution is -2.15. The molecule has 0 spiro atoms. The molecule has 0 aliphatic carbocycles. The van der Waals surface area contributed by atoms with Crippen LogP contribution in [-0.4, -0.2) is 23.8 Å². The van der Waals surface area contributed by atoms with E-state index in [1.807, 2.05) is 0 Å². The zero-order valence-electron chi connectivity index (χ0n) is 13.9. The van der Waals surface area contributed by atoms with Crippen molar-refractivity contribution >= 4 is 5.97 Å². The molecule has 0 heterocycles. The Bertz CT molecular complexity index is 456. The molecule has 4 heteroatoms. The molecule has 0 amide bonds. The zero-order chi connectivity index (χ0) is 16.4. The van der Waals surface area contributed by atoms with Crippen molar-refractivity contribution in [3.63, 3.8) is 0 Å². The van der Waals surface area contributed by atoms with Crippen LogP contribution in [0.5, 0.6) is 11.5 Å². The van der Waals surface area contributed by atoms with Crippen LogP contribution in [0.25, 0.3) is 0 Å². The predicted molar refractivity (Wildman–Crippen MR) is 88.0 cm³/mol. The van der Waals surface area contributed by atoms with Crippen LogP contribution in [0.4, 0.5) is 0 Å². The van der Waals surface area contributed by atoms with Gasteiger partial charge in [0.05, 0.1) is 12.7 Å². The molecule has 22 heavy (non-hydrogen) atoms. The summed E-state index contributed by atoms with van der Waals surface area (Å²) >= 11 is 0. The van der Waals surface area contributed by atoms with Crippen molar-refractivity contribution in [2.75, 3.05) is 6.61 Å². The lowest BCUT2D eigenvalue weighted by Gasteiger charge is -2.18. The fourth-order valence-electron chi connectivity index (χ4n) is 2.27. The van der Waals surface area contributed by atoms with Crippen molar-refractivity contribution in [1.29, 1.82) is 0 Å². The lowest BCUT2D eigenvalue weighted by molar-refractivity contribution is 0.0692. The van der Waals surface area contributed by atoms with Gasteiger partial charge < -0.3 is 14.6 Å². The second-order valence-corrected chi connectivity index (χ2v) is 5.46. The molecule has 1 rings (SSSR count). The number of carbonyl (C=O) groups is 1. The largest absolute Gasteiger partial charge is 0.493 e. The van der Waals surface area contributed by atoms with Gasteiger partial charge in [0.15, 0.2) is 0 Å². The van der Waals surface area contributed by atoms with Crippen LogP contribution in [0.1, 0.15) is 69.7 Å². The van der Waals surface area contributed by atoms with Gasteiger partial charge in [0.25, 0.3) is 0 Å². The van der Waals surface area contributed by atoms with E-state index in [1.165, 1.54) is 0 Å². The Hall–Kier alpha value is -1.71. The van der Waals surface area contributed by atoms with E-state index in [-0.39, 0.29) is 11.7 Å². The van der Waals surface area contributed by atoms with Crippen LogP contribution in [0.2, 0.25) is 0 Å². The van der Waals surface area contributed by atoms with Crippen LogP contribution in [0.3, 0.4) is 0 Å². The van der Waals surface area contributed by atoms with E-state index < -0.39 is 5.97 Å². The van der Waals surface area contributed by atoms with Crippen molar-refractivity contribution in [3.8, 4) is 11.5 Å². The fraction of sp³-hybridized carbons (Fsp3) is 0.611. The number of benzene rings is 1. The minimum atomic E-state index is -0.974. The molecule has 1 N–H and O–H groups in total. The molecule has 0 bridgehead atoms. The van der Waals surface area contributed by atoms with Crippen LogP contribution in [0, 0.1) is 0 Å². The quantitative estimate of drug-likeness (QED) is 0.590. The molecule has 0 saturated heterocycles. The summed E-state index contributed by atoms with van der Waals surface area (Å²) < 4.78 is 11.6. The Morgan fingerprint density at radius 1 is 1.18 bits per heavy atom. The standard InChI is InChI=1S/C18H28O4/c1-4-7-8-12-21-17-13-15(10-11-16(17)18(19)20)22-14(6-3)9-5-2/h10-11,13-14H,4-9,12H2,1-3H3,(H,19,20). The molecule has 0 saturated carbocycles. The molecular weight excluding hydrogens is 280 g/mol. The minimum absolute atomic E-state index is 0.161. The SMILES string of the molecule is CCCCCOc1cc(OC(CC)CCC)ccc1C(=O)O. The first-order valence-corrected chi connectivity index (χ1v) is 8.29. The maximum absolute atomic E-state index is 11.3. The van der Waals surface area contributed by atoms with Gasteiger partial charge in [0.2, 0.25) is 0 Å². The van der Waals surface area contributed by atoms with E-state index in [1.54, 1.807) is 18.2 Å². The molecule has 124 valence electrons. The summed E-state index contributed by atoms with van der Waals surface area (Å²) in [7, 11) is 0. The van der Waals surface area contributed by atoms with Crippen molar-refractivity contribution < 1.29 is 19.4 Å². The van der Waals surface area contributed by atoms with Crippen molar-refractivity contribution in [2.45, 2.75) is 65.4 Å². The van der Waals surface area contributed by atoms with Gasteiger partial charge in [0.1, 0.15) is 17.1 Å². The average Bonchev–Trinajstić information content (AvgIpc) is 2.51. The number of carboxylic acids is 1. The van der Waals surface area contributed by atoms with Crippen LogP contribution in [-0.2, 0) is 0 Å². The smallest absolute Gasteiger partial charge is 0.339 e. The number of hydrogen-bond acceptors (Lipinski definition) is 3. The number of aromatic carboxylic acids is 1. The summed E-state index contributed by atoms with van der Waals surface area (Å²) in [6.07, 6.45) is 6.25. The fourth-order valence-corrected chi connectivity index (χ4v) is 2.27. The molecule has 1 unspecified atom stereocenters. The number of carboxylic acid groups (broad SMARTS) is 1. The molecule has 4 nitrogen and oxygen atoms in total. The third-order valence-corrected chi connectivity index (χ3v) is 3.56. The third kappa shape index (κ3) is 5.96. The highest BCUT2D eigenvalue weighted by Gasteiger charge is 2.14. The molecule has 0 radical (unpaired) electrons. The first kappa shape index (κ1) is 18.3. The Balaban J connectivity index is 2.81. The zero-order valence-corrected chi connectivity index (χ0v) is 13.9. The predicted octanol–water partition coefficient (Wildman–Crippen LogP) is 4.91. The second kappa shape index (κ2) is 10.1. The number of rotatable bonds is 11. The monoisotopic (exact) mass is 308 g/mol. The summed E-state index contributed by atoms with van der Waals surface area (Å²) in [6, 6.07) is 4.97. The maximum atomic E-state index is 11.3. The van der Waals surface area contributed by atoms with Crippen LogP contribution in [0.15, 0.2) is 18.2 Å². The molecule has 0 aliphatic heterocycles. The summed E-state index contributed by atoms with van der Waals surface area (Å²) in [5, 5.41) is 9.25. The Morgan fingerprint density at radius 3 is 2.55 bits per heavy atom. The van der Waals surface area contributed by atoms with Crippen LogP contribution >= 0.6 is 0 Å². The highest BCUT2D eigenvalue weighted by molar-refractivity contribution is 5.91. The van der Waals surface area contributed by atoms with Gasteiger partial charge in [-0.05, 0) is 31.4 Å². The first-order valence-electron chi connectivity index (χ1n) is 8.29. The second-order valence-electron chi connectivity index (χ2n) is 5.46. The van der Waals surface area contributed by atoms with Crippen molar-refractivity contribution in [2.24, 2.45) is 0 Å². The molecule has 1 aromatic carbocycles. The van der Waals surface area contributed by atoms with E-state index >= 15 is 0 Å². The summed E-state index contributed by atoms with van der Waals surface area (Å²) in [4.78, 5) is 11.3. The molecular formula is C18H28O4. The molecule has 1 aromatic rings. The average molecular weight is 308 g/mol. The minimum Gasteiger partial charge on any atom is -0.493 e. The van der Waals surface area contributed by atoms with Gasteiger partial charge in [-0.1, -0.05) is 40.0 Å². The molecule has 0 aromatic heterocycles. The van der Waals surface area contributed by atoms with Gasteiger partial charge >= 0.3 is 5.97 Å². The Kier molecular flexibility index (Phi) is 8.41. The lowest BCUT2D eigenvalue weighted by atomic mass is 10.1. The third-order valence-electron chi connectivity index (χ3n) is 3.56. The number of unbranched alkanes of at least 4 members (excludes halogenated alkanes) is 2. The van der Waals surface area contributed by atoms with Gasteiger partial charge in [-0.25, -0.2) is 4.79 Å². The van der Waals surface area contributed by atoms with E-state index in [4.69, 9.17) is 9.47 Å². The number of hydrogen-bond donors (Lipinski definition) is 1. The Morgan fingerprint density at radius 2 is 1.95 bits per heavy atom. The van der Waals surface area contributed by atoms with Crippen molar-refractivity contribution in [3.05, 3.63) is 23.8 Å². The van der Waals surface area contributed by atoms with Gasteiger partial charge in [-0.2, -0.15) is 0 Å². The maximum Gasteiger partial charge on any atom is 0.339 e.